The molecule has 5 heteroatoms. The summed E-state index contributed by atoms with van der Waals surface area (Å²) in [6, 6.07) is 1.87. The van der Waals surface area contributed by atoms with Gasteiger partial charge in [0, 0.05) is 19.3 Å². The molecule has 2 heterocycles. The monoisotopic (exact) mass is 209 g/mol. The van der Waals surface area contributed by atoms with Gasteiger partial charge in [-0.2, -0.15) is 0 Å². The molecule has 0 spiro atoms. The van der Waals surface area contributed by atoms with Crippen LogP contribution < -0.4 is 4.90 Å². The molecule has 1 aromatic heterocycles. The van der Waals surface area contributed by atoms with Gasteiger partial charge in [-0.3, -0.25) is 0 Å². The smallest absolute Gasteiger partial charge is 0.132 e. The summed E-state index contributed by atoms with van der Waals surface area (Å²) in [6.45, 7) is 3.52. The van der Waals surface area contributed by atoms with Gasteiger partial charge in [0.1, 0.15) is 12.1 Å². The minimum Gasteiger partial charge on any atom is -0.394 e. The number of aromatic nitrogens is 2. The van der Waals surface area contributed by atoms with E-state index < -0.39 is 0 Å². The summed E-state index contributed by atoms with van der Waals surface area (Å²) in [5.41, 5.74) is 0. The molecule has 0 bridgehead atoms. The summed E-state index contributed by atoms with van der Waals surface area (Å²) in [7, 11) is 0. The molecule has 0 radical (unpaired) electrons. The third-order valence-corrected chi connectivity index (χ3v) is 2.42. The molecule has 0 aliphatic carbocycles. The van der Waals surface area contributed by atoms with E-state index in [1.54, 1.807) is 6.20 Å². The summed E-state index contributed by atoms with van der Waals surface area (Å²) in [6.07, 6.45) is 3.24. The lowest BCUT2D eigenvalue weighted by Gasteiger charge is -2.36. The Morgan fingerprint density at radius 2 is 2.47 bits per heavy atom. The minimum atomic E-state index is -0.122. The second kappa shape index (κ2) is 4.55. The van der Waals surface area contributed by atoms with E-state index in [0.29, 0.717) is 6.54 Å². The first-order valence-electron chi connectivity index (χ1n) is 5.07. The first kappa shape index (κ1) is 10.3. The second-order valence-corrected chi connectivity index (χ2v) is 3.72. The number of hydrogen-bond donors (Lipinski definition) is 1. The largest absolute Gasteiger partial charge is 0.394 e. The van der Waals surface area contributed by atoms with Crippen molar-refractivity contribution in [2.24, 2.45) is 0 Å². The van der Waals surface area contributed by atoms with Gasteiger partial charge in [0.15, 0.2) is 0 Å². The molecule has 1 saturated heterocycles. The van der Waals surface area contributed by atoms with Crippen molar-refractivity contribution in [2.75, 3.05) is 24.6 Å². The van der Waals surface area contributed by atoms with Crippen molar-refractivity contribution < 1.29 is 9.84 Å². The molecule has 0 saturated carbocycles. The highest BCUT2D eigenvalue weighted by Crippen LogP contribution is 2.16. The third-order valence-electron chi connectivity index (χ3n) is 2.42. The van der Waals surface area contributed by atoms with Crippen LogP contribution in [0.15, 0.2) is 18.6 Å². The van der Waals surface area contributed by atoms with Crippen molar-refractivity contribution in [3.8, 4) is 0 Å². The first-order chi connectivity index (χ1) is 7.29. The topological polar surface area (TPSA) is 58.5 Å². The molecule has 1 fully saturated rings. The zero-order valence-electron chi connectivity index (χ0n) is 8.71. The highest BCUT2D eigenvalue weighted by Gasteiger charge is 2.25. The van der Waals surface area contributed by atoms with Gasteiger partial charge in [0.2, 0.25) is 0 Å². The van der Waals surface area contributed by atoms with Crippen LogP contribution >= 0.6 is 0 Å². The zero-order chi connectivity index (χ0) is 10.7. The van der Waals surface area contributed by atoms with Crippen LogP contribution in [-0.4, -0.2) is 47.0 Å². The van der Waals surface area contributed by atoms with Crippen LogP contribution in [0, 0.1) is 0 Å². The number of ether oxygens (including phenoxy) is 1. The summed E-state index contributed by atoms with van der Waals surface area (Å²) < 4.78 is 5.55. The third kappa shape index (κ3) is 2.43. The van der Waals surface area contributed by atoms with E-state index >= 15 is 0 Å². The van der Waals surface area contributed by atoms with Gasteiger partial charge in [-0.1, -0.05) is 0 Å². The molecule has 2 atom stereocenters. The Kier molecular flexibility index (Phi) is 3.13. The van der Waals surface area contributed by atoms with Crippen molar-refractivity contribution in [3.05, 3.63) is 18.6 Å². The summed E-state index contributed by atoms with van der Waals surface area (Å²) in [4.78, 5) is 10.2. The highest BCUT2D eigenvalue weighted by molar-refractivity contribution is 5.37. The Labute approximate surface area is 88.7 Å². The molecule has 5 nitrogen and oxygen atoms in total. The van der Waals surface area contributed by atoms with Gasteiger partial charge in [-0.15, -0.1) is 0 Å². The molecule has 82 valence electrons. The molecule has 1 aromatic rings. The van der Waals surface area contributed by atoms with Crippen LogP contribution in [0.25, 0.3) is 0 Å². The maximum absolute atomic E-state index is 9.09. The van der Waals surface area contributed by atoms with Crippen LogP contribution in [0.3, 0.4) is 0 Å². The lowest BCUT2D eigenvalue weighted by molar-refractivity contribution is -0.0423. The minimum absolute atomic E-state index is 0.0475. The van der Waals surface area contributed by atoms with E-state index in [-0.39, 0.29) is 18.8 Å². The number of aliphatic hydroxyl groups is 1. The fourth-order valence-corrected chi connectivity index (χ4v) is 1.80. The molecule has 1 aliphatic heterocycles. The number of anilines is 1. The average molecular weight is 209 g/mol. The number of nitrogens with zero attached hydrogens (tertiary/aromatic N) is 3. The Morgan fingerprint density at radius 3 is 3.13 bits per heavy atom. The van der Waals surface area contributed by atoms with Gasteiger partial charge in [0.05, 0.1) is 18.8 Å². The predicted octanol–water partition coefficient (Wildman–Crippen LogP) is 0.0626. The Bertz CT molecular complexity index is 307. The van der Waals surface area contributed by atoms with Crippen molar-refractivity contribution in [2.45, 2.75) is 19.1 Å². The van der Waals surface area contributed by atoms with Crippen LogP contribution in [0.2, 0.25) is 0 Å². The maximum Gasteiger partial charge on any atom is 0.132 e. The average Bonchev–Trinajstić information content (AvgIpc) is 2.29. The molecule has 1 aliphatic rings. The lowest BCUT2D eigenvalue weighted by atomic mass is 10.2. The van der Waals surface area contributed by atoms with E-state index in [0.717, 1.165) is 12.4 Å². The second-order valence-electron chi connectivity index (χ2n) is 3.72. The fourth-order valence-electron chi connectivity index (χ4n) is 1.80. The van der Waals surface area contributed by atoms with Crippen LogP contribution in [-0.2, 0) is 4.74 Å². The molecule has 2 unspecified atom stereocenters. The van der Waals surface area contributed by atoms with E-state index in [2.05, 4.69) is 14.9 Å². The summed E-state index contributed by atoms with van der Waals surface area (Å²) in [5, 5.41) is 9.09. The van der Waals surface area contributed by atoms with Gasteiger partial charge >= 0.3 is 0 Å². The number of rotatable bonds is 2. The van der Waals surface area contributed by atoms with Crippen molar-refractivity contribution >= 4 is 5.82 Å². The lowest BCUT2D eigenvalue weighted by Crippen LogP contribution is -2.48. The Morgan fingerprint density at radius 1 is 1.60 bits per heavy atom. The molecule has 2 rings (SSSR count). The molecule has 1 N–H and O–H groups in total. The van der Waals surface area contributed by atoms with E-state index in [9.17, 15) is 0 Å². The van der Waals surface area contributed by atoms with E-state index in [1.165, 1.54) is 6.33 Å². The zero-order valence-corrected chi connectivity index (χ0v) is 8.71. The maximum atomic E-state index is 9.09. The van der Waals surface area contributed by atoms with Crippen molar-refractivity contribution in [3.63, 3.8) is 0 Å². The molecular weight excluding hydrogens is 194 g/mol. The van der Waals surface area contributed by atoms with Crippen molar-refractivity contribution in [1.82, 2.24) is 9.97 Å². The Balaban J connectivity index is 2.09. The van der Waals surface area contributed by atoms with Crippen LogP contribution in [0.1, 0.15) is 6.92 Å². The number of morpholine rings is 1. The first-order valence-corrected chi connectivity index (χ1v) is 5.07. The van der Waals surface area contributed by atoms with E-state index in [1.807, 2.05) is 13.0 Å². The number of hydrogen-bond acceptors (Lipinski definition) is 5. The van der Waals surface area contributed by atoms with Gasteiger partial charge in [-0.05, 0) is 13.0 Å². The van der Waals surface area contributed by atoms with Gasteiger partial charge in [0.25, 0.3) is 0 Å². The number of aliphatic hydroxyl groups excluding tert-OH is 1. The molecule has 0 aromatic carbocycles. The molecule has 15 heavy (non-hydrogen) atoms. The summed E-state index contributed by atoms with van der Waals surface area (Å²) >= 11 is 0. The molecular formula is C10H15N3O2. The van der Waals surface area contributed by atoms with Crippen molar-refractivity contribution in [1.29, 1.82) is 0 Å². The summed E-state index contributed by atoms with van der Waals surface area (Å²) in [5.74, 6) is 0.888. The SMILES string of the molecule is CC1CN(c2ccncn2)CC(CO)O1. The Hall–Kier alpha value is -1.20. The quantitative estimate of drug-likeness (QED) is 0.746. The van der Waals surface area contributed by atoms with Crippen LogP contribution in [0.4, 0.5) is 5.82 Å². The van der Waals surface area contributed by atoms with E-state index in [4.69, 9.17) is 9.84 Å². The predicted molar refractivity (Wildman–Crippen MR) is 55.7 cm³/mol. The van der Waals surface area contributed by atoms with Crippen LogP contribution in [0.5, 0.6) is 0 Å². The van der Waals surface area contributed by atoms with Gasteiger partial charge < -0.3 is 14.7 Å². The normalized spacial score (nSPS) is 26.7. The molecule has 0 amide bonds. The van der Waals surface area contributed by atoms with Gasteiger partial charge in [-0.25, -0.2) is 9.97 Å². The highest BCUT2D eigenvalue weighted by atomic mass is 16.5. The standard InChI is InChI=1S/C10H15N3O2/c1-8-4-13(5-9(6-14)15-8)10-2-3-11-7-12-10/h2-3,7-9,14H,4-6H2,1H3. The fraction of sp³-hybridized carbons (Fsp3) is 0.600.